The highest BCUT2D eigenvalue weighted by Crippen LogP contribution is 2.38. The Labute approximate surface area is 144 Å². The lowest BCUT2D eigenvalue weighted by Gasteiger charge is -2.14. The van der Waals surface area contributed by atoms with Crippen LogP contribution in [0.25, 0.3) is 11.1 Å². The van der Waals surface area contributed by atoms with Crippen LogP contribution >= 0.6 is 0 Å². The largest absolute Gasteiger partial charge is 0.435 e. The number of halogens is 4. The number of benzene rings is 2. The van der Waals surface area contributed by atoms with Gasteiger partial charge in [-0.3, -0.25) is 0 Å². The van der Waals surface area contributed by atoms with Gasteiger partial charge in [-0.05, 0) is 23.8 Å². The minimum Gasteiger partial charge on any atom is -0.435 e. The summed E-state index contributed by atoms with van der Waals surface area (Å²) in [5.41, 5.74) is 0.0884. The summed E-state index contributed by atoms with van der Waals surface area (Å²) in [7, 11) is -4.62. The fraction of sp³-hybridized carbons (Fsp3) is 0.133. The van der Waals surface area contributed by atoms with Crippen molar-refractivity contribution >= 4 is 16.1 Å². The minimum absolute atomic E-state index is 0.0870. The van der Waals surface area contributed by atoms with E-state index in [1.807, 2.05) is 0 Å². The van der Waals surface area contributed by atoms with Crippen LogP contribution in [-0.4, -0.2) is 27.7 Å². The Morgan fingerprint density at radius 3 is 2.08 bits per heavy atom. The summed E-state index contributed by atoms with van der Waals surface area (Å²) in [5, 5.41) is 0. The standard InChI is InChI=1S/C15H9F4NO5S/c16-14(17)24-10-6-4-9(5-7-10)11-2-1-3-12(13(11)25-15(18)19)26(22,23)20-8-21/h1-7,14-15H. The van der Waals surface area contributed by atoms with E-state index in [9.17, 15) is 30.8 Å². The van der Waals surface area contributed by atoms with E-state index in [0.717, 1.165) is 24.3 Å². The first-order valence-electron chi connectivity index (χ1n) is 6.72. The van der Waals surface area contributed by atoms with Gasteiger partial charge in [-0.25, -0.2) is 4.79 Å². The Bertz CT molecular complexity index is 926. The van der Waals surface area contributed by atoms with Gasteiger partial charge < -0.3 is 9.47 Å². The molecule has 6 nitrogen and oxygen atoms in total. The summed E-state index contributed by atoms with van der Waals surface area (Å²) in [6.45, 7) is -6.42. The third-order valence-corrected chi connectivity index (χ3v) is 4.20. The second-order valence-electron chi connectivity index (χ2n) is 4.57. The second-order valence-corrected chi connectivity index (χ2v) is 6.14. The Morgan fingerprint density at radius 1 is 0.923 bits per heavy atom. The molecule has 0 aliphatic rings. The van der Waals surface area contributed by atoms with Crippen LogP contribution in [0.5, 0.6) is 11.5 Å². The predicted molar refractivity (Wildman–Crippen MR) is 80.4 cm³/mol. The Hall–Kier alpha value is -2.91. The van der Waals surface area contributed by atoms with Gasteiger partial charge in [0.1, 0.15) is 10.6 Å². The summed E-state index contributed by atoms with van der Waals surface area (Å²) in [4.78, 5) is 9.50. The van der Waals surface area contributed by atoms with Crippen molar-refractivity contribution in [2.75, 3.05) is 0 Å². The van der Waals surface area contributed by atoms with Gasteiger partial charge in [0.15, 0.2) is 5.75 Å². The summed E-state index contributed by atoms with van der Waals surface area (Å²) in [6, 6.07) is 8.16. The maximum absolute atomic E-state index is 12.7. The molecule has 0 amide bonds. The fourth-order valence-corrected chi connectivity index (χ4v) is 2.91. The molecule has 0 bridgehead atoms. The number of alkyl halides is 4. The van der Waals surface area contributed by atoms with Gasteiger partial charge in [0, 0.05) is 5.56 Å². The molecule has 0 saturated carbocycles. The lowest BCUT2D eigenvalue weighted by Crippen LogP contribution is -2.08. The molecule has 0 aliphatic carbocycles. The van der Waals surface area contributed by atoms with Crippen molar-refractivity contribution in [3.05, 3.63) is 42.5 Å². The second kappa shape index (κ2) is 7.98. The molecule has 0 atom stereocenters. The number of isocyanates is 1. The van der Waals surface area contributed by atoms with Crippen LogP contribution in [0.1, 0.15) is 0 Å². The van der Waals surface area contributed by atoms with Gasteiger partial charge in [0.2, 0.25) is 0 Å². The smallest absolute Gasteiger partial charge is 0.387 e. The molecule has 0 saturated heterocycles. The zero-order valence-corrected chi connectivity index (χ0v) is 13.4. The first-order valence-corrected chi connectivity index (χ1v) is 8.16. The van der Waals surface area contributed by atoms with Crippen molar-refractivity contribution in [1.29, 1.82) is 0 Å². The van der Waals surface area contributed by atoms with E-state index < -0.39 is 33.9 Å². The number of hydrogen-bond acceptors (Lipinski definition) is 5. The maximum atomic E-state index is 12.7. The van der Waals surface area contributed by atoms with E-state index in [-0.39, 0.29) is 16.9 Å². The third kappa shape index (κ3) is 4.58. The normalized spacial score (nSPS) is 11.3. The summed E-state index contributed by atoms with van der Waals surface area (Å²) in [6.07, 6.45) is 0.828. The monoisotopic (exact) mass is 391 g/mol. The number of hydrogen-bond donors (Lipinski definition) is 0. The highest BCUT2D eigenvalue weighted by molar-refractivity contribution is 7.90. The molecule has 0 unspecified atom stereocenters. The summed E-state index contributed by atoms with van der Waals surface area (Å²) in [5.74, 6) is -0.932. The zero-order chi connectivity index (χ0) is 19.3. The van der Waals surface area contributed by atoms with E-state index in [4.69, 9.17) is 0 Å². The lowest BCUT2D eigenvalue weighted by atomic mass is 10.0. The van der Waals surface area contributed by atoms with Crippen molar-refractivity contribution in [3.8, 4) is 22.6 Å². The van der Waals surface area contributed by atoms with Gasteiger partial charge in [0.05, 0.1) is 0 Å². The molecule has 138 valence electrons. The van der Waals surface area contributed by atoms with Crippen molar-refractivity contribution in [2.45, 2.75) is 18.1 Å². The van der Waals surface area contributed by atoms with Crippen LogP contribution in [0.15, 0.2) is 51.8 Å². The Morgan fingerprint density at radius 2 is 1.54 bits per heavy atom. The number of nitrogens with zero attached hydrogens (tertiary/aromatic N) is 1. The fourth-order valence-electron chi connectivity index (χ4n) is 2.07. The van der Waals surface area contributed by atoms with Crippen LogP contribution in [0.4, 0.5) is 17.6 Å². The number of ether oxygens (including phenoxy) is 2. The molecular weight excluding hydrogens is 382 g/mol. The lowest BCUT2D eigenvalue weighted by molar-refractivity contribution is -0.0517. The molecule has 0 radical (unpaired) electrons. The van der Waals surface area contributed by atoms with Gasteiger partial charge >= 0.3 is 13.2 Å². The van der Waals surface area contributed by atoms with Gasteiger partial charge in [-0.2, -0.15) is 26.0 Å². The number of carbonyl (C=O) groups excluding carboxylic acids is 1. The quantitative estimate of drug-likeness (QED) is 0.409. The topological polar surface area (TPSA) is 82.0 Å². The molecule has 0 heterocycles. The van der Waals surface area contributed by atoms with Crippen LogP contribution in [0.2, 0.25) is 0 Å². The molecule has 0 N–H and O–H groups in total. The summed E-state index contributed by atoms with van der Waals surface area (Å²) < 4.78 is 84.8. The molecule has 11 heteroatoms. The average molecular weight is 391 g/mol. The number of rotatable bonds is 7. The SMILES string of the molecule is O=C=NS(=O)(=O)c1cccc(-c2ccc(OC(F)F)cc2)c1OC(F)F. The van der Waals surface area contributed by atoms with Crippen molar-refractivity contribution in [2.24, 2.45) is 4.40 Å². The molecule has 0 aliphatic heterocycles. The molecule has 0 fully saturated rings. The van der Waals surface area contributed by atoms with E-state index in [0.29, 0.717) is 0 Å². The molecular formula is C15H9F4NO5S. The zero-order valence-electron chi connectivity index (χ0n) is 12.6. The number of para-hydroxylation sites is 1. The predicted octanol–water partition coefficient (Wildman–Crippen LogP) is 3.58. The molecule has 2 aromatic carbocycles. The highest BCUT2D eigenvalue weighted by Gasteiger charge is 2.24. The average Bonchev–Trinajstić information content (AvgIpc) is 2.54. The van der Waals surface area contributed by atoms with Crippen LogP contribution in [-0.2, 0) is 14.8 Å². The van der Waals surface area contributed by atoms with E-state index >= 15 is 0 Å². The van der Waals surface area contributed by atoms with E-state index in [1.165, 1.54) is 24.3 Å². The van der Waals surface area contributed by atoms with E-state index in [2.05, 4.69) is 13.9 Å². The first-order chi connectivity index (χ1) is 12.2. The highest BCUT2D eigenvalue weighted by atomic mass is 32.2. The minimum atomic E-state index is -4.62. The first kappa shape index (κ1) is 19.4. The van der Waals surface area contributed by atoms with Crippen LogP contribution in [0.3, 0.4) is 0 Å². The van der Waals surface area contributed by atoms with Gasteiger partial charge in [-0.1, -0.05) is 28.7 Å². The molecule has 2 aromatic rings. The Balaban J connectivity index is 2.59. The number of sulfonamides is 1. The molecule has 2 rings (SSSR count). The Kier molecular flexibility index (Phi) is 5.96. The van der Waals surface area contributed by atoms with Gasteiger partial charge in [0.25, 0.3) is 16.1 Å². The van der Waals surface area contributed by atoms with Crippen LogP contribution in [0, 0.1) is 0 Å². The van der Waals surface area contributed by atoms with Crippen molar-refractivity contribution < 1.29 is 40.2 Å². The maximum Gasteiger partial charge on any atom is 0.387 e. The van der Waals surface area contributed by atoms with Crippen molar-refractivity contribution in [3.63, 3.8) is 0 Å². The van der Waals surface area contributed by atoms with Crippen LogP contribution < -0.4 is 9.47 Å². The summed E-state index contributed by atoms with van der Waals surface area (Å²) >= 11 is 0. The third-order valence-electron chi connectivity index (χ3n) is 3.01. The van der Waals surface area contributed by atoms with Gasteiger partial charge in [-0.15, -0.1) is 0 Å². The molecule has 26 heavy (non-hydrogen) atoms. The molecule has 0 spiro atoms. The van der Waals surface area contributed by atoms with Crippen molar-refractivity contribution in [1.82, 2.24) is 0 Å². The molecule has 0 aromatic heterocycles. The van der Waals surface area contributed by atoms with E-state index in [1.54, 1.807) is 0 Å².